The summed E-state index contributed by atoms with van der Waals surface area (Å²) in [5.74, 6) is 0. The number of hydrogen-bond acceptors (Lipinski definition) is 4. The minimum absolute atomic E-state index is 0.595. The number of nitrogens with zero attached hydrogens (tertiary/aromatic N) is 2. The molecule has 1 aromatic carbocycles. The third-order valence-corrected chi connectivity index (χ3v) is 4.17. The predicted octanol–water partition coefficient (Wildman–Crippen LogP) is 2.09. The van der Waals surface area contributed by atoms with Gasteiger partial charge in [-0.25, -0.2) is 4.98 Å². The van der Waals surface area contributed by atoms with Gasteiger partial charge in [-0.15, -0.1) is 11.3 Å². The zero-order valence-corrected chi connectivity index (χ0v) is 10.8. The van der Waals surface area contributed by atoms with Crippen LogP contribution in [0.2, 0.25) is 0 Å². The highest BCUT2D eigenvalue weighted by molar-refractivity contribution is 7.18. The summed E-state index contributed by atoms with van der Waals surface area (Å²) >= 11 is 1.82. The van der Waals surface area contributed by atoms with Crippen LogP contribution in [0.1, 0.15) is 11.9 Å². The molecule has 1 aliphatic heterocycles. The topological polar surface area (TPSA) is 28.2 Å². The van der Waals surface area contributed by atoms with Gasteiger partial charge in [0.05, 0.1) is 16.8 Å². The van der Waals surface area contributed by atoms with Crippen LogP contribution in [0.4, 0.5) is 0 Å². The predicted molar refractivity (Wildman–Crippen MR) is 72.4 cm³/mol. The third kappa shape index (κ3) is 2.49. The Morgan fingerprint density at radius 1 is 1.47 bits per heavy atom. The van der Waals surface area contributed by atoms with Gasteiger partial charge in [-0.2, -0.15) is 0 Å². The molecule has 0 amide bonds. The molecular formula is C13H17N3S. The van der Waals surface area contributed by atoms with E-state index >= 15 is 0 Å². The number of para-hydroxylation sites is 1. The Morgan fingerprint density at radius 3 is 3.18 bits per heavy atom. The zero-order valence-electron chi connectivity index (χ0n) is 10.0. The van der Waals surface area contributed by atoms with E-state index in [1.165, 1.54) is 9.71 Å². The molecule has 90 valence electrons. The number of rotatable bonds is 2. The van der Waals surface area contributed by atoms with Crippen LogP contribution in [0.25, 0.3) is 10.2 Å². The van der Waals surface area contributed by atoms with Gasteiger partial charge in [0.2, 0.25) is 0 Å². The van der Waals surface area contributed by atoms with Crippen molar-refractivity contribution in [1.29, 1.82) is 0 Å². The fourth-order valence-corrected chi connectivity index (χ4v) is 3.34. The van der Waals surface area contributed by atoms with Gasteiger partial charge in [-0.1, -0.05) is 12.1 Å². The maximum atomic E-state index is 4.69. The fraction of sp³-hybridized carbons (Fsp3) is 0.462. The standard InChI is InChI=1S/C13H17N3S/c1-10-8-16(7-6-14-10)9-13-15-11-4-2-3-5-12(11)17-13/h2-5,10,14H,6-9H2,1H3/t10-/m0/s1. The molecule has 2 aromatic rings. The highest BCUT2D eigenvalue weighted by Gasteiger charge is 2.16. The van der Waals surface area contributed by atoms with E-state index in [1.54, 1.807) is 0 Å². The SMILES string of the molecule is C[C@H]1CN(Cc2nc3ccccc3s2)CCN1. The Kier molecular flexibility index (Phi) is 3.09. The maximum Gasteiger partial charge on any atom is 0.108 e. The van der Waals surface area contributed by atoms with E-state index in [1.807, 2.05) is 11.3 Å². The Balaban J connectivity index is 1.75. The molecule has 2 heterocycles. The molecular weight excluding hydrogens is 230 g/mol. The normalized spacial score (nSPS) is 22.1. The molecule has 4 heteroatoms. The third-order valence-electron chi connectivity index (χ3n) is 3.15. The van der Waals surface area contributed by atoms with E-state index in [0.29, 0.717) is 6.04 Å². The Labute approximate surface area is 105 Å². The summed E-state index contributed by atoms with van der Waals surface area (Å²) in [6, 6.07) is 8.97. The highest BCUT2D eigenvalue weighted by atomic mass is 32.1. The lowest BCUT2D eigenvalue weighted by molar-refractivity contribution is 0.199. The van der Waals surface area contributed by atoms with Gasteiger partial charge in [0.25, 0.3) is 0 Å². The second kappa shape index (κ2) is 4.72. The lowest BCUT2D eigenvalue weighted by atomic mass is 10.2. The van der Waals surface area contributed by atoms with E-state index in [2.05, 4.69) is 46.4 Å². The monoisotopic (exact) mass is 247 g/mol. The first-order chi connectivity index (χ1) is 8.31. The van der Waals surface area contributed by atoms with Crippen molar-refractivity contribution in [2.75, 3.05) is 19.6 Å². The second-order valence-corrected chi connectivity index (χ2v) is 5.78. The van der Waals surface area contributed by atoms with Crippen molar-refractivity contribution in [3.63, 3.8) is 0 Å². The molecule has 1 atom stereocenters. The van der Waals surface area contributed by atoms with Gasteiger partial charge in [0.15, 0.2) is 0 Å². The van der Waals surface area contributed by atoms with Gasteiger partial charge < -0.3 is 5.32 Å². The van der Waals surface area contributed by atoms with Crippen LogP contribution in [-0.4, -0.2) is 35.6 Å². The van der Waals surface area contributed by atoms with Gasteiger partial charge in [0, 0.05) is 25.7 Å². The van der Waals surface area contributed by atoms with Crippen molar-refractivity contribution in [2.45, 2.75) is 19.5 Å². The molecule has 1 saturated heterocycles. The molecule has 3 nitrogen and oxygen atoms in total. The zero-order chi connectivity index (χ0) is 11.7. The lowest BCUT2D eigenvalue weighted by Crippen LogP contribution is -2.48. The van der Waals surface area contributed by atoms with Gasteiger partial charge in [0.1, 0.15) is 5.01 Å². The summed E-state index contributed by atoms with van der Waals surface area (Å²) in [6.45, 7) is 6.57. The largest absolute Gasteiger partial charge is 0.312 e. The first kappa shape index (κ1) is 11.1. The second-order valence-electron chi connectivity index (χ2n) is 4.67. The van der Waals surface area contributed by atoms with Crippen molar-refractivity contribution in [3.05, 3.63) is 29.3 Å². The van der Waals surface area contributed by atoms with Crippen molar-refractivity contribution in [1.82, 2.24) is 15.2 Å². The van der Waals surface area contributed by atoms with Crippen LogP contribution < -0.4 is 5.32 Å². The van der Waals surface area contributed by atoms with E-state index in [4.69, 9.17) is 0 Å². The smallest absolute Gasteiger partial charge is 0.108 e. The molecule has 0 unspecified atom stereocenters. The summed E-state index contributed by atoms with van der Waals surface area (Å²) in [5, 5.41) is 4.70. The summed E-state index contributed by atoms with van der Waals surface area (Å²) in [5.41, 5.74) is 1.13. The van der Waals surface area contributed by atoms with Gasteiger partial charge in [-0.3, -0.25) is 4.90 Å². The van der Waals surface area contributed by atoms with E-state index in [9.17, 15) is 0 Å². The first-order valence-electron chi connectivity index (χ1n) is 6.11. The van der Waals surface area contributed by atoms with Crippen LogP contribution >= 0.6 is 11.3 Å². The summed E-state index contributed by atoms with van der Waals surface area (Å²) in [6.07, 6.45) is 0. The first-order valence-corrected chi connectivity index (χ1v) is 6.93. The molecule has 1 N–H and O–H groups in total. The molecule has 1 fully saturated rings. The Hall–Kier alpha value is -0.970. The quantitative estimate of drug-likeness (QED) is 0.881. The van der Waals surface area contributed by atoms with E-state index in [0.717, 1.165) is 31.7 Å². The molecule has 0 radical (unpaired) electrons. The summed E-state index contributed by atoms with van der Waals surface area (Å²) in [4.78, 5) is 7.17. The van der Waals surface area contributed by atoms with E-state index < -0.39 is 0 Å². The van der Waals surface area contributed by atoms with Crippen molar-refractivity contribution >= 4 is 21.6 Å². The number of hydrogen-bond donors (Lipinski definition) is 1. The minimum atomic E-state index is 0.595. The molecule has 1 aliphatic rings. The van der Waals surface area contributed by atoms with Crippen molar-refractivity contribution in [3.8, 4) is 0 Å². The average Bonchev–Trinajstić information content (AvgIpc) is 2.71. The summed E-state index contributed by atoms with van der Waals surface area (Å²) in [7, 11) is 0. The average molecular weight is 247 g/mol. The number of piperazine rings is 1. The number of thiazole rings is 1. The Bertz CT molecular complexity index is 475. The molecule has 0 bridgehead atoms. The van der Waals surface area contributed by atoms with Crippen molar-refractivity contribution in [2.24, 2.45) is 0 Å². The molecule has 0 aliphatic carbocycles. The number of nitrogens with one attached hydrogen (secondary N) is 1. The number of fused-ring (bicyclic) bond motifs is 1. The molecule has 1 aromatic heterocycles. The maximum absolute atomic E-state index is 4.69. The lowest BCUT2D eigenvalue weighted by Gasteiger charge is -2.31. The fourth-order valence-electron chi connectivity index (χ4n) is 2.33. The van der Waals surface area contributed by atoms with Gasteiger partial charge in [-0.05, 0) is 19.1 Å². The summed E-state index contributed by atoms with van der Waals surface area (Å²) < 4.78 is 1.30. The number of benzene rings is 1. The van der Waals surface area contributed by atoms with Crippen LogP contribution in [0.15, 0.2) is 24.3 Å². The van der Waals surface area contributed by atoms with E-state index in [-0.39, 0.29) is 0 Å². The highest BCUT2D eigenvalue weighted by Crippen LogP contribution is 2.22. The van der Waals surface area contributed by atoms with Crippen LogP contribution in [0, 0.1) is 0 Å². The van der Waals surface area contributed by atoms with Gasteiger partial charge >= 0.3 is 0 Å². The molecule has 3 rings (SSSR count). The minimum Gasteiger partial charge on any atom is -0.312 e. The van der Waals surface area contributed by atoms with Crippen LogP contribution in [0.3, 0.4) is 0 Å². The van der Waals surface area contributed by atoms with Crippen LogP contribution in [0.5, 0.6) is 0 Å². The van der Waals surface area contributed by atoms with Crippen molar-refractivity contribution < 1.29 is 0 Å². The number of aromatic nitrogens is 1. The Morgan fingerprint density at radius 2 is 2.35 bits per heavy atom. The van der Waals surface area contributed by atoms with Crippen LogP contribution in [-0.2, 0) is 6.54 Å². The molecule has 0 spiro atoms. The molecule has 17 heavy (non-hydrogen) atoms. The molecule has 0 saturated carbocycles.